The number of nitrogens with zero attached hydrogens (tertiary/aromatic N) is 1. The summed E-state index contributed by atoms with van der Waals surface area (Å²) in [5, 5.41) is 21.6. The number of piperidine rings is 1. The highest BCUT2D eigenvalue weighted by atomic mass is 16.4. The Morgan fingerprint density at radius 1 is 1.18 bits per heavy atom. The predicted molar refractivity (Wildman–Crippen MR) is 82.1 cm³/mol. The molecule has 1 saturated heterocycles. The van der Waals surface area contributed by atoms with Gasteiger partial charge in [0.2, 0.25) is 0 Å². The molecule has 1 fully saturated rings. The summed E-state index contributed by atoms with van der Waals surface area (Å²) in [6.45, 7) is 0.574. The Balaban J connectivity index is 1.99. The minimum atomic E-state index is -1.09. The third-order valence-electron chi connectivity index (χ3n) is 4.42. The predicted octanol–water partition coefficient (Wildman–Crippen LogP) is 2.61. The minimum absolute atomic E-state index is 0.287. The van der Waals surface area contributed by atoms with Crippen molar-refractivity contribution in [3.63, 3.8) is 0 Å². The molecular formula is C17H17NO4. The van der Waals surface area contributed by atoms with E-state index in [-0.39, 0.29) is 13.1 Å². The maximum atomic E-state index is 11.3. The summed E-state index contributed by atoms with van der Waals surface area (Å²) >= 11 is 0. The zero-order chi connectivity index (χ0) is 15.7. The van der Waals surface area contributed by atoms with Crippen LogP contribution in [0.4, 0.5) is 4.79 Å². The van der Waals surface area contributed by atoms with Crippen LogP contribution in [0.2, 0.25) is 0 Å². The van der Waals surface area contributed by atoms with E-state index >= 15 is 0 Å². The summed E-state index contributed by atoms with van der Waals surface area (Å²) in [6.07, 6.45) is 0.488. The summed E-state index contributed by atoms with van der Waals surface area (Å²) in [4.78, 5) is 23.6. The molecule has 114 valence electrons. The van der Waals surface area contributed by atoms with E-state index in [4.69, 9.17) is 5.11 Å². The van der Waals surface area contributed by atoms with Gasteiger partial charge >= 0.3 is 6.09 Å². The van der Waals surface area contributed by atoms with Gasteiger partial charge in [0.1, 0.15) is 0 Å². The SMILES string of the molecule is O=Cc1cc(C2(O)CCN(C(=O)O)CC2)cc2ccccc12. The van der Waals surface area contributed by atoms with Crippen molar-refractivity contribution in [2.24, 2.45) is 0 Å². The molecule has 0 atom stereocenters. The second-order valence-electron chi connectivity index (χ2n) is 5.71. The molecule has 1 aliphatic rings. The largest absolute Gasteiger partial charge is 0.465 e. The second kappa shape index (κ2) is 5.42. The lowest BCUT2D eigenvalue weighted by Crippen LogP contribution is -2.44. The van der Waals surface area contributed by atoms with Crippen LogP contribution in [0, 0.1) is 0 Å². The van der Waals surface area contributed by atoms with Crippen LogP contribution >= 0.6 is 0 Å². The number of carbonyl (C=O) groups is 2. The first kappa shape index (κ1) is 14.5. The number of hydrogen-bond acceptors (Lipinski definition) is 3. The molecule has 2 aromatic carbocycles. The van der Waals surface area contributed by atoms with Crippen molar-refractivity contribution in [3.05, 3.63) is 47.5 Å². The zero-order valence-corrected chi connectivity index (χ0v) is 12.0. The van der Waals surface area contributed by atoms with Crippen LogP contribution in [0.1, 0.15) is 28.8 Å². The number of hydrogen-bond donors (Lipinski definition) is 2. The number of carboxylic acid groups (broad SMARTS) is 1. The molecule has 0 radical (unpaired) electrons. The molecule has 2 N–H and O–H groups in total. The van der Waals surface area contributed by atoms with E-state index in [0.717, 1.165) is 17.1 Å². The summed E-state index contributed by atoms with van der Waals surface area (Å²) in [6, 6.07) is 11.1. The molecule has 22 heavy (non-hydrogen) atoms. The number of fused-ring (bicyclic) bond motifs is 1. The van der Waals surface area contributed by atoms with Crippen LogP contribution in [-0.2, 0) is 5.60 Å². The topological polar surface area (TPSA) is 77.8 Å². The number of carbonyl (C=O) groups excluding carboxylic acids is 1. The molecule has 0 aromatic heterocycles. The van der Waals surface area contributed by atoms with Crippen LogP contribution in [0.15, 0.2) is 36.4 Å². The van der Waals surface area contributed by atoms with E-state index < -0.39 is 11.7 Å². The fraction of sp³-hybridized carbons (Fsp3) is 0.294. The van der Waals surface area contributed by atoms with Gasteiger partial charge in [0.15, 0.2) is 6.29 Å². The number of aliphatic hydroxyl groups is 1. The number of rotatable bonds is 2. The molecule has 0 unspecified atom stereocenters. The minimum Gasteiger partial charge on any atom is -0.465 e. The number of likely N-dealkylation sites (tertiary alicyclic amines) is 1. The van der Waals surface area contributed by atoms with Crippen molar-refractivity contribution in [2.45, 2.75) is 18.4 Å². The smallest absolute Gasteiger partial charge is 0.407 e. The molecule has 5 nitrogen and oxygen atoms in total. The maximum Gasteiger partial charge on any atom is 0.407 e. The fourth-order valence-corrected chi connectivity index (χ4v) is 3.06. The van der Waals surface area contributed by atoms with E-state index in [1.54, 1.807) is 6.07 Å². The van der Waals surface area contributed by atoms with Crippen molar-refractivity contribution in [1.29, 1.82) is 0 Å². The second-order valence-corrected chi connectivity index (χ2v) is 5.71. The van der Waals surface area contributed by atoms with Gasteiger partial charge in [-0.05, 0) is 41.3 Å². The average Bonchev–Trinajstić information content (AvgIpc) is 2.54. The summed E-state index contributed by atoms with van der Waals surface area (Å²) < 4.78 is 0. The molecular weight excluding hydrogens is 282 g/mol. The highest BCUT2D eigenvalue weighted by Gasteiger charge is 2.35. The lowest BCUT2D eigenvalue weighted by Gasteiger charge is -2.37. The molecule has 0 spiro atoms. The van der Waals surface area contributed by atoms with Crippen molar-refractivity contribution in [1.82, 2.24) is 4.90 Å². The van der Waals surface area contributed by atoms with Crippen LogP contribution in [0.3, 0.4) is 0 Å². The molecule has 2 aromatic rings. The highest BCUT2D eigenvalue weighted by Crippen LogP contribution is 2.35. The quantitative estimate of drug-likeness (QED) is 0.836. The standard InChI is InChI=1S/C17H17NO4/c19-11-13-10-14(9-12-3-1-2-4-15(12)13)17(22)5-7-18(8-6-17)16(20)21/h1-4,9-11,22H,5-8H2,(H,20,21). The first-order valence-corrected chi connectivity index (χ1v) is 7.22. The number of aldehydes is 1. The van der Waals surface area contributed by atoms with Gasteiger partial charge in [0.05, 0.1) is 5.60 Å². The molecule has 0 bridgehead atoms. The van der Waals surface area contributed by atoms with Gasteiger partial charge in [0, 0.05) is 18.7 Å². The van der Waals surface area contributed by atoms with E-state index in [2.05, 4.69) is 0 Å². The summed E-state index contributed by atoms with van der Waals surface area (Å²) in [5.41, 5.74) is 0.133. The maximum absolute atomic E-state index is 11.3. The Morgan fingerprint density at radius 3 is 2.50 bits per heavy atom. The van der Waals surface area contributed by atoms with Crippen molar-refractivity contribution >= 4 is 23.2 Å². The molecule has 0 aliphatic carbocycles. The van der Waals surface area contributed by atoms with Gasteiger partial charge < -0.3 is 15.1 Å². The van der Waals surface area contributed by atoms with Crippen molar-refractivity contribution < 1.29 is 19.8 Å². The number of amides is 1. The van der Waals surface area contributed by atoms with Crippen molar-refractivity contribution in [2.75, 3.05) is 13.1 Å². The Morgan fingerprint density at radius 2 is 1.86 bits per heavy atom. The van der Waals surface area contributed by atoms with Gasteiger partial charge in [0.25, 0.3) is 0 Å². The van der Waals surface area contributed by atoms with E-state index in [0.29, 0.717) is 24.0 Å². The van der Waals surface area contributed by atoms with Gasteiger partial charge in [-0.25, -0.2) is 4.79 Å². The fourth-order valence-electron chi connectivity index (χ4n) is 3.06. The van der Waals surface area contributed by atoms with Crippen LogP contribution in [0.5, 0.6) is 0 Å². The lowest BCUT2D eigenvalue weighted by molar-refractivity contribution is -0.0212. The van der Waals surface area contributed by atoms with Crippen LogP contribution in [0.25, 0.3) is 10.8 Å². The highest BCUT2D eigenvalue weighted by molar-refractivity contribution is 5.98. The Labute approximate surface area is 127 Å². The van der Waals surface area contributed by atoms with Crippen molar-refractivity contribution in [3.8, 4) is 0 Å². The van der Waals surface area contributed by atoms with E-state index in [1.807, 2.05) is 30.3 Å². The van der Waals surface area contributed by atoms with Crippen LogP contribution in [-0.4, -0.2) is 40.6 Å². The third kappa shape index (κ3) is 2.44. The molecule has 1 amide bonds. The summed E-state index contributed by atoms with van der Waals surface area (Å²) in [5.74, 6) is 0. The van der Waals surface area contributed by atoms with Crippen LogP contribution < -0.4 is 0 Å². The van der Waals surface area contributed by atoms with Gasteiger partial charge in [-0.3, -0.25) is 4.79 Å². The lowest BCUT2D eigenvalue weighted by atomic mass is 9.82. The first-order chi connectivity index (χ1) is 10.5. The molecule has 1 aliphatic heterocycles. The molecule has 1 heterocycles. The Kier molecular flexibility index (Phi) is 3.58. The average molecular weight is 299 g/mol. The summed E-state index contributed by atoms with van der Waals surface area (Å²) in [7, 11) is 0. The Bertz CT molecular complexity index is 733. The zero-order valence-electron chi connectivity index (χ0n) is 12.0. The molecule has 5 heteroatoms. The van der Waals surface area contributed by atoms with Gasteiger partial charge in [-0.15, -0.1) is 0 Å². The first-order valence-electron chi connectivity index (χ1n) is 7.22. The Hall–Kier alpha value is -2.40. The van der Waals surface area contributed by atoms with E-state index in [9.17, 15) is 14.7 Å². The molecule has 0 saturated carbocycles. The third-order valence-corrected chi connectivity index (χ3v) is 4.42. The van der Waals surface area contributed by atoms with Gasteiger partial charge in [-0.2, -0.15) is 0 Å². The number of benzene rings is 2. The monoisotopic (exact) mass is 299 g/mol. The van der Waals surface area contributed by atoms with Gasteiger partial charge in [-0.1, -0.05) is 24.3 Å². The van der Waals surface area contributed by atoms with E-state index in [1.165, 1.54) is 4.90 Å². The molecule has 3 rings (SSSR count). The normalized spacial score (nSPS) is 17.4.